The second-order valence-corrected chi connectivity index (χ2v) is 13.0. The Labute approximate surface area is 280 Å². The zero-order valence-electron chi connectivity index (χ0n) is 28.1. The number of amides is 3. The molecule has 3 N–H and O–H groups in total. The number of hydrogen-bond donors (Lipinski definition) is 3. The molecule has 2 aromatic heterocycles. The first-order valence-electron chi connectivity index (χ1n) is 17.0. The number of aromatic nitrogens is 4. The standard InChI is InChI=1S/C37H43N7O4/c1-5-26(19-22(3)45)36(47)43-17-7-9-32(43)34-39-28-15-13-24(20-30(28)41-34)11-12-25-14-16-29-31(21-25)42-35(40-29)33-10-8-18-44(33)37(48)27(6-2)38-23(4)46/h13-16,20-21,26-27,32-33H,5-10,17-19H2,1-4H3,(H,38,46)(H,39,41)(H,40,42)/t26-,27+,32-,33-/m0/s1. The number of hydrogen-bond acceptors (Lipinski definition) is 6. The highest BCUT2D eigenvalue weighted by Crippen LogP contribution is 2.34. The van der Waals surface area contributed by atoms with E-state index in [1.54, 1.807) is 0 Å². The van der Waals surface area contributed by atoms with Gasteiger partial charge in [-0.05, 0) is 81.8 Å². The van der Waals surface area contributed by atoms with Crippen molar-refractivity contribution in [3.05, 3.63) is 59.2 Å². The molecule has 250 valence electrons. The van der Waals surface area contributed by atoms with Crippen molar-refractivity contribution in [3.8, 4) is 11.8 Å². The van der Waals surface area contributed by atoms with Gasteiger partial charge in [-0.2, -0.15) is 0 Å². The van der Waals surface area contributed by atoms with Crippen LogP contribution in [-0.4, -0.2) is 72.4 Å². The molecule has 11 nitrogen and oxygen atoms in total. The highest BCUT2D eigenvalue weighted by atomic mass is 16.2. The number of aromatic amines is 2. The van der Waals surface area contributed by atoms with Gasteiger partial charge in [-0.15, -0.1) is 0 Å². The molecule has 4 aromatic rings. The Morgan fingerprint density at radius 2 is 1.33 bits per heavy atom. The summed E-state index contributed by atoms with van der Waals surface area (Å²) in [5.41, 5.74) is 5.00. The highest BCUT2D eigenvalue weighted by Gasteiger charge is 2.36. The van der Waals surface area contributed by atoms with Crippen molar-refractivity contribution < 1.29 is 19.2 Å². The van der Waals surface area contributed by atoms with Gasteiger partial charge in [-0.3, -0.25) is 14.4 Å². The highest BCUT2D eigenvalue weighted by molar-refractivity contribution is 5.88. The van der Waals surface area contributed by atoms with Crippen LogP contribution in [0.4, 0.5) is 0 Å². The summed E-state index contributed by atoms with van der Waals surface area (Å²) in [4.78, 5) is 70.2. The van der Waals surface area contributed by atoms with Gasteiger partial charge in [0.25, 0.3) is 0 Å². The predicted octanol–water partition coefficient (Wildman–Crippen LogP) is 5.09. The minimum Gasteiger partial charge on any atom is -0.345 e. The lowest BCUT2D eigenvalue weighted by Gasteiger charge is -2.27. The summed E-state index contributed by atoms with van der Waals surface area (Å²) < 4.78 is 0. The van der Waals surface area contributed by atoms with Gasteiger partial charge in [0, 0.05) is 43.5 Å². The molecule has 0 saturated carbocycles. The van der Waals surface area contributed by atoms with Crippen molar-refractivity contribution in [2.75, 3.05) is 13.1 Å². The molecule has 0 radical (unpaired) electrons. The minimum absolute atomic E-state index is 0.0322. The molecule has 4 heterocycles. The molecule has 2 fully saturated rings. The fourth-order valence-electron chi connectivity index (χ4n) is 7.08. The number of rotatable bonds is 9. The summed E-state index contributed by atoms with van der Waals surface area (Å²) in [5, 5.41) is 2.77. The average Bonchev–Trinajstić information content (AvgIpc) is 3.88. The average molecular weight is 650 g/mol. The summed E-state index contributed by atoms with van der Waals surface area (Å²) in [5.74, 6) is 7.52. The van der Waals surface area contributed by atoms with Gasteiger partial charge >= 0.3 is 0 Å². The lowest BCUT2D eigenvalue weighted by atomic mass is 9.98. The van der Waals surface area contributed by atoms with E-state index >= 15 is 0 Å². The molecule has 48 heavy (non-hydrogen) atoms. The number of carbonyl (C=O) groups is 4. The first-order valence-corrected chi connectivity index (χ1v) is 17.0. The topological polar surface area (TPSA) is 144 Å². The molecule has 11 heteroatoms. The molecule has 0 bridgehead atoms. The minimum atomic E-state index is -0.541. The van der Waals surface area contributed by atoms with Crippen LogP contribution < -0.4 is 5.32 Å². The summed E-state index contributed by atoms with van der Waals surface area (Å²) in [7, 11) is 0. The number of carbonyl (C=O) groups excluding carboxylic acids is 4. The number of nitrogens with one attached hydrogen (secondary N) is 3. The first-order chi connectivity index (χ1) is 23.1. The maximum Gasteiger partial charge on any atom is 0.245 e. The van der Waals surface area contributed by atoms with Crippen LogP contribution in [0.3, 0.4) is 0 Å². The summed E-state index contributed by atoms with van der Waals surface area (Å²) in [6, 6.07) is 10.9. The Balaban J connectivity index is 1.18. The van der Waals surface area contributed by atoms with Gasteiger partial charge in [-0.1, -0.05) is 25.7 Å². The van der Waals surface area contributed by atoms with E-state index in [-0.39, 0.29) is 47.9 Å². The number of H-pyrrole nitrogens is 2. The van der Waals surface area contributed by atoms with Crippen LogP contribution in [0.1, 0.15) is 108 Å². The smallest absolute Gasteiger partial charge is 0.245 e. The lowest BCUT2D eigenvalue weighted by molar-refractivity contribution is -0.139. The normalized spacial score (nSPS) is 18.9. The summed E-state index contributed by atoms with van der Waals surface area (Å²) in [6.07, 6.45) is 4.85. The fourth-order valence-corrected chi connectivity index (χ4v) is 7.08. The van der Waals surface area contributed by atoms with Gasteiger partial charge in [0.1, 0.15) is 23.5 Å². The first kappa shape index (κ1) is 32.9. The second-order valence-electron chi connectivity index (χ2n) is 13.0. The Bertz CT molecular complexity index is 1800. The zero-order chi connectivity index (χ0) is 33.9. The summed E-state index contributed by atoms with van der Waals surface area (Å²) in [6.45, 7) is 8.12. The largest absolute Gasteiger partial charge is 0.345 e. The van der Waals surface area contributed by atoms with Gasteiger partial charge < -0.3 is 29.9 Å². The third-order valence-electron chi connectivity index (χ3n) is 9.51. The van der Waals surface area contributed by atoms with E-state index in [1.165, 1.54) is 13.8 Å². The maximum atomic E-state index is 13.3. The number of ketones is 1. The second kappa shape index (κ2) is 14.0. The maximum absolute atomic E-state index is 13.3. The number of benzene rings is 2. The monoisotopic (exact) mass is 649 g/mol. The molecule has 6 rings (SSSR count). The Hall–Kier alpha value is -4.98. The van der Waals surface area contributed by atoms with Crippen molar-refractivity contribution in [2.24, 2.45) is 5.92 Å². The Morgan fingerprint density at radius 3 is 1.79 bits per heavy atom. The number of imidazole rings is 2. The number of fused-ring (bicyclic) bond motifs is 2. The molecule has 0 spiro atoms. The molecule has 2 aromatic carbocycles. The molecule has 3 amide bonds. The number of Topliss-reactive ketones (excluding diaryl/α,β-unsaturated/α-hetero) is 1. The number of nitrogens with zero attached hydrogens (tertiary/aromatic N) is 4. The Morgan fingerprint density at radius 1 is 0.812 bits per heavy atom. The van der Waals surface area contributed by atoms with E-state index < -0.39 is 6.04 Å². The molecule has 0 unspecified atom stereocenters. The Kier molecular flexibility index (Phi) is 9.62. The van der Waals surface area contributed by atoms with E-state index in [4.69, 9.17) is 9.97 Å². The van der Waals surface area contributed by atoms with Crippen molar-refractivity contribution in [1.29, 1.82) is 0 Å². The van der Waals surface area contributed by atoms with E-state index in [2.05, 4.69) is 27.1 Å². The predicted molar refractivity (Wildman–Crippen MR) is 183 cm³/mol. The molecule has 4 atom stereocenters. The number of likely N-dealkylation sites (tertiary alicyclic amines) is 2. The van der Waals surface area contributed by atoms with E-state index in [0.29, 0.717) is 25.9 Å². The van der Waals surface area contributed by atoms with Crippen LogP contribution in [0.15, 0.2) is 36.4 Å². The molecular formula is C37H43N7O4. The van der Waals surface area contributed by atoms with Gasteiger partial charge in [0.15, 0.2) is 0 Å². The zero-order valence-corrected chi connectivity index (χ0v) is 28.1. The van der Waals surface area contributed by atoms with Crippen LogP contribution in [0.2, 0.25) is 0 Å². The van der Waals surface area contributed by atoms with Crippen molar-refractivity contribution in [3.63, 3.8) is 0 Å². The van der Waals surface area contributed by atoms with Gasteiger partial charge in [-0.25, -0.2) is 9.97 Å². The van der Waals surface area contributed by atoms with Crippen LogP contribution in [0.5, 0.6) is 0 Å². The van der Waals surface area contributed by atoms with Crippen LogP contribution >= 0.6 is 0 Å². The fraction of sp³-hybridized carbons (Fsp3) is 0.459. The van der Waals surface area contributed by atoms with Crippen molar-refractivity contribution >= 4 is 45.6 Å². The van der Waals surface area contributed by atoms with Crippen LogP contribution in [0.25, 0.3) is 22.1 Å². The van der Waals surface area contributed by atoms with Crippen LogP contribution in [0, 0.1) is 17.8 Å². The van der Waals surface area contributed by atoms with Gasteiger partial charge in [0.2, 0.25) is 17.7 Å². The van der Waals surface area contributed by atoms with Crippen molar-refractivity contribution in [1.82, 2.24) is 35.1 Å². The molecule has 2 aliphatic rings. The van der Waals surface area contributed by atoms with Crippen molar-refractivity contribution in [2.45, 2.75) is 90.8 Å². The van der Waals surface area contributed by atoms with E-state index in [9.17, 15) is 19.2 Å². The third kappa shape index (κ3) is 6.84. The molecule has 2 aliphatic heterocycles. The van der Waals surface area contributed by atoms with Gasteiger partial charge in [0.05, 0.1) is 34.2 Å². The molecule has 2 saturated heterocycles. The molecule has 0 aliphatic carbocycles. The van der Waals surface area contributed by atoms with E-state index in [1.807, 2.05) is 60.0 Å². The summed E-state index contributed by atoms with van der Waals surface area (Å²) >= 11 is 0. The molecular weight excluding hydrogens is 606 g/mol. The van der Waals surface area contributed by atoms with E-state index in [0.717, 1.165) is 70.5 Å². The quantitative estimate of drug-likeness (QED) is 0.216. The lowest BCUT2D eigenvalue weighted by Crippen LogP contribution is -2.47. The SMILES string of the molecule is CC[C@@H](CC(C)=O)C(=O)N1CCC[C@H]1c1nc2ccc(C#Cc3ccc4nc([C@@H]5CCCN5C(=O)[C@@H](CC)NC(C)=O)[nH]c4c3)cc2[nH]1. The third-order valence-corrected chi connectivity index (χ3v) is 9.51. The van der Waals surface area contributed by atoms with Crippen LogP contribution in [-0.2, 0) is 19.2 Å².